The number of primary amides is 1. The Hall–Kier alpha value is -2.24. The lowest BCUT2D eigenvalue weighted by molar-refractivity contribution is -0.111. The molecule has 0 saturated carbocycles. The molecule has 6 heteroatoms. The third-order valence-electron chi connectivity index (χ3n) is 2.23. The zero-order chi connectivity index (χ0) is 12.4. The van der Waals surface area contributed by atoms with Gasteiger partial charge in [0.15, 0.2) is 11.6 Å². The van der Waals surface area contributed by atoms with Crippen LogP contribution in [0.2, 0.25) is 0 Å². The molecule has 1 aromatic rings. The van der Waals surface area contributed by atoms with Gasteiger partial charge in [0, 0.05) is 0 Å². The molecule has 0 saturated heterocycles. The summed E-state index contributed by atoms with van der Waals surface area (Å²) in [5.41, 5.74) is 4.71. The van der Waals surface area contributed by atoms with Gasteiger partial charge in [-0.05, 0) is 18.2 Å². The fraction of sp³-hybridized carbons (Fsp3) is 0.0909. The molecule has 0 bridgehead atoms. The standard InChI is InChI=1S/C11H9F2N3O/c12-7-3-1-4-8(13)10(7)16-6-2-5-9(15-16)11(14)17/h1-5H,6H2,(H2,14,17). The monoisotopic (exact) mass is 237 g/mol. The molecule has 17 heavy (non-hydrogen) atoms. The summed E-state index contributed by atoms with van der Waals surface area (Å²) in [5, 5.41) is 4.84. The van der Waals surface area contributed by atoms with E-state index >= 15 is 0 Å². The molecule has 1 aromatic carbocycles. The summed E-state index contributed by atoms with van der Waals surface area (Å²) < 4.78 is 26.9. The molecule has 88 valence electrons. The van der Waals surface area contributed by atoms with Crippen LogP contribution in [0.4, 0.5) is 14.5 Å². The number of nitrogens with two attached hydrogens (primary N) is 1. The minimum Gasteiger partial charge on any atom is -0.364 e. The normalized spacial score (nSPS) is 14.7. The molecule has 0 unspecified atom stereocenters. The van der Waals surface area contributed by atoms with E-state index in [0.717, 1.165) is 17.1 Å². The zero-order valence-electron chi connectivity index (χ0n) is 8.73. The van der Waals surface area contributed by atoms with E-state index in [1.54, 1.807) is 6.08 Å². The van der Waals surface area contributed by atoms with Gasteiger partial charge in [0.25, 0.3) is 5.91 Å². The quantitative estimate of drug-likeness (QED) is 0.839. The van der Waals surface area contributed by atoms with Crippen LogP contribution in [0.3, 0.4) is 0 Å². The van der Waals surface area contributed by atoms with Crippen LogP contribution >= 0.6 is 0 Å². The maximum atomic E-state index is 13.5. The third-order valence-corrected chi connectivity index (χ3v) is 2.23. The summed E-state index contributed by atoms with van der Waals surface area (Å²) in [6, 6.07) is 3.50. The second kappa shape index (κ2) is 4.32. The second-order valence-electron chi connectivity index (χ2n) is 3.40. The van der Waals surface area contributed by atoms with Crippen molar-refractivity contribution in [3.05, 3.63) is 42.0 Å². The van der Waals surface area contributed by atoms with Gasteiger partial charge in [-0.15, -0.1) is 0 Å². The van der Waals surface area contributed by atoms with Crippen LogP contribution in [-0.2, 0) is 4.79 Å². The van der Waals surface area contributed by atoms with Gasteiger partial charge in [0.2, 0.25) is 0 Å². The smallest absolute Gasteiger partial charge is 0.269 e. The van der Waals surface area contributed by atoms with Gasteiger partial charge < -0.3 is 5.73 Å². The number of hydrogen-bond donors (Lipinski definition) is 1. The zero-order valence-corrected chi connectivity index (χ0v) is 8.73. The lowest BCUT2D eigenvalue weighted by atomic mass is 10.2. The molecule has 0 radical (unpaired) electrons. The van der Waals surface area contributed by atoms with Gasteiger partial charge >= 0.3 is 0 Å². The van der Waals surface area contributed by atoms with Gasteiger partial charge in [-0.3, -0.25) is 9.80 Å². The number of amides is 1. The number of rotatable bonds is 2. The number of hydrogen-bond acceptors (Lipinski definition) is 3. The van der Waals surface area contributed by atoms with Crippen LogP contribution in [0.25, 0.3) is 0 Å². The molecular formula is C11H9F2N3O. The van der Waals surface area contributed by atoms with Crippen LogP contribution in [0.1, 0.15) is 0 Å². The molecule has 0 spiro atoms. The van der Waals surface area contributed by atoms with E-state index in [0.29, 0.717) is 0 Å². The minimum absolute atomic E-state index is 0.0427. The van der Waals surface area contributed by atoms with Crippen molar-refractivity contribution in [2.45, 2.75) is 0 Å². The van der Waals surface area contributed by atoms with E-state index in [1.807, 2.05) is 0 Å². The second-order valence-corrected chi connectivity index (χ2v) is 3.40. The summed E-state index contributed by atoms with van der Waals surface area (Å²) in [5.74, 6) is -2.23. The highest BCUT2D eigenvalue weighted by atomic mass is 19.1. The number of benzene rings is 1. The van der Waals surface area contributed by atoms with Crippen molar-refractivity contribution in [1.82, 2.24) is 0 Å². The van der Waals surface area contributed by atoms with Crippen LogP contribution in [-0.4, -0.2) is 18.2 Å². The van der Waals surface area contributed by atoms with E-state index in [4.69, 9.17) is 5.73 Å². The lowest BCUT2D eigenvalue weighted by Gasteiger charge is -2.21. The maximum Gasteiger partial charge on any atom is 0.269 e. The molecule has 0 atom stereocenters. The average Bonchev–Trinajstić information content (AvgIpc) is 2.29. The molecule has 0 aromatic heterocycles. The third kappa shape index (κ3) is 2.15. The number of carbonyl (C=O) groups excluding carboxylic acids is 1. The first-order valence-corrected chi connectivity index (χ1v) is 4.86. The molecule has 1 aliphatic heterocycles. The highest BCUT2D eigenvalue weighted by molar-refractivity contribution is 6.43. The van der Waals surface area contributed by atoms with Crippen LogP contribution in [0, 0.1) is 11.6 Å². The molecule has 2 rings (SSSR count). The molecule has 1 aliphatic rings. The Balaban J connectivity index is 2.42. The topological polar surface area (TPSA) is 58.7 Å². The molecule has 0 fully saturated rings. The fourth-order valence-corrected chi connectivity index (χ4v) is 1.48. The Morgan fingerprint density at radius 3 is 2.59 bits per heavy atom. The van der Waals surface area contributed by atoms with Crippen molar-refractivity contribution < 1.29 is 13.6 Å². The minimum atomic E-state index is -0.748. The Kier molecular flexibility index (Phi) is 2.86. The van der Waals surface area contributed by atoms with Crippen LogP contribution < -0.4 is 10.7 Å². The number of para-hydroxylation sites is 1. The predicted molar refractivity (Wildman–Crippen MR) is 59.5 cm³/mol. The average molecular weight is 237 g/mol. The molecular weight excluding hydrogens is 228 g/mol. The largest absolute Gasteiger partial charge is 0.364 e. The van der Waals surface area contributed by atoms with Gasteiger partial charge in [-0.1, -0.05) is 12.1 Å². The first kappa shape index (κ1) is 11.3. The van der Waals surface area contributed by atoms with Crippen molar-refractivity contribution >= 4 is 17.3 Å². The number of carbonyl (C=O) groups is 1. The van der Waals surface area contributed by atoms with E-state index < -0.39 is 17.5 Å². The Bertz CT molecular complexity index is 505. The molecule has 2 N–H and O–H groups in total. The summed E-state index contributed by atoms with van der Waals surface area (Å²) in [4.78, 5) is 10.9. The summed E-state index contributed by atoms with van der Waals surface area (Å²) in [6.07, 6.45) is 2.97. The van der Waals surface area contributed by atoms with E-state index in [2.05, 4.69) is 5.10 Å². The van der Waals surface area contributed by atoms with Gasteiger partial charge in [-0.2, -0.15) is 5.10 Å². The fourth-order valence-electron chi connectivity index (χ4n) is 1.48. The summed E-state index contributed by atoms with van der Waals surface area (Å²) >= 11 is 0. The number of halogens is 2. The molecule has 0 aliphatic carbocycles. The summed E-state index contributed by atoms with van der Waals surface area (Å²) in [7, 11) is 0. The molecule has 1 amide bonds. The summed E-state index contributed by atoms with van der Waals surface area (Å²) in [6.45, 7) is 0.175. The van der Waals surface area contributed by atoms with Crippen molar-refractivity contribution in [2.75, 3.05) is 11.6 Å². The van der Waals surface area contributed by atoms with Crippen molar-refractivity contribution in [3.8, 4) is 0 Å². The first-order chi connectivity index (χ1) is 8.09. The first-order valence-electron chi connectivity index (χ1n) is 4.86. The number of hydrazone groups is 1. The number of anilines is 1. The maximum absolute atomic E-state index is 13.5. The van der Waals surface area contributed by atoms with Gasteiger partial charge in [0.1, 0.15) is 11.4 Å². The van der Waals surface area contributed by atoms with E-state index in [-0.39, 0.29) is 17.9 Å². The van der Waals surface area contributed by atoms with E-state index in [1.165, 1.54) is 12.1 Å². The van der Waals surface area contributed by atoms with Gasteiger partial charge in [-0.25, -0.2) is 8.78 Å². The van der Waals surface area contributed by atoms with Crippen LogP contribution in [0.15, 0.2) is 35.5 Å². The number of nitrogens with zero attached hydrogens (tertiary/aromatic N) is 2. The Labute approximate surface area is 96.0 Å². The molecule has 4 nitrogen and oxygen atoms in total. The Morgan fingerprint density at radius 1 is 1.35 bits per heavy atom. The molecule has 1 heterocycles. The SMILES string of the molecule is NC(=O)C1=NN(c2c(F)cccc2F)CC=C1. The highest BCUT2D eigenvalue weighted by Crippen LogP contribution is 2.24. The Morgan fingerprint density at radius 2 is 2.00 bits per heavy atom. The van der Waals surface area contributed by atoms with Crippen molar-refractivity contribution in [3.63, 3.8) is 0 Å². The van der Waals surface area contributed by atoms with Crippen molar-refractivity contribution in [2.24, 2.45) is 10.8 Å². The predicted octanol–water partition coefficient (Wildman–Crippen LogP) is 1.18. The van der Waals surface area contributed by atoms with Crippen LogP contribution in [0.5, 0.6) is 0 Å². The lowest BCUT2D eigenvalue weighted by Crippen LogP contribution is -2.30. The van der Waals surface area contributed by atoms with Crippen molar-refractivity contribution in [1.29, 1.82) is 0 Å². The van der Waals surface area contributed by atoms with E-state index in [9.17, 15) is 13.6 Å². The van der Waals surface area contributed by atoms with Gasteiger partial charge in [0.05, 0.1) is 6.54 Å². The highest BCUT2D eigenvalue weighted by Gasteiger charge is 2.19.